The first-order valence-electron chi connectivity index (χ1n) is 7.40. The summed E-state index contributed by atoms with van der Waals surface area (Å²) < 4.78 is 6.36. The second-order valence-electron chi connectivity index (χ2n) is 5.79. The van der Waals surface area contributed by atoms with Gasteiger partial charge in [-0.2, -0.15) is 0 Å². The molecule has 2 unspecified atom stereocenters. The quantitative estimate of drug-likeness (QED) is 0.905. The van der Waals surface area contributed by atoms with E-state index in [1.165, 1.54) is 5.56 Å². The molecule has 1 aliphatic rings. The summed E-state index contributed by atoms with van der Waals surface area (Å²) >= 11 is 6.07. The Kier molecular flexibility index (Phi) is 3.92. The van der Waals surface area contributed by atoms with E-state index < -0.39 is 0 Å². The van der Waals surface area contributed by atoms with Crippen molar-refractivity contribution < 1.29 is 4.74 Å². The third-order valence-electron chi connectivity index (χ3n) is 4.30. The molecule has 0 aromatic heterocycles. The molecule has 2 atom stereocenters. The monoisotopic (exact) mass is 301 g/mol. The first kappa shape index (κ1) is 14.4. The molecule has 1 aliphatic heterocycles. The fourth-order valence-electron chi connectivity index (χ4n) is 3.11. The van der Waals surface area contributed by atoms with Crippen molar-refractivity contribution in [1.29, 1.82) is 0 Å². The van der Waals surface area contributed by atoms with Crippen molar-refractivity contribution in [3.63, 3.8) is 0 Å². The van der Waals surface area contributed by atoms with Crippen molar-refractivity contribution >= 4 is 11.6 Å². The second kappa shape index (κ2) is 5.70. The van der Waals surface area contributed by atoms with E-state index in [-0.39, 0.29) is 11.6 Å². The third-order valence-corrected chi connectivity index (χ3v) is 4.54. The van der Waals surface area contributed by atoms with Crippen LogP contribution in [0.3, 0.4) is 0 Å². The number of rotatable bonds is 3. The van der Waals surface area contributed by atoms with Gasteiger partial charge in [0.05, 0.1) is 0 Å². The van der Waals surface area contributed by atoms with Gasteiger partial charge in [0.2, 0.25) is 0 Å². The number of fused-ring (bicyclic) bond motifs is 1. The molecule has 2 aromatic carbocycles. The highest BCUT2D eigenvalue weighted by molar-refractivity contribution is 6.30. The van der Waals surface area contributed by atoms with Gasteiger partial charge in [0.1, 0.15) is 11.4 Å². The van der Waals surface area contributed by atoms with Crippen molar-refractivity contribution in [2.45, 2.75) is 37.8 Å². The van der Waals surface area contributed by atoms with Gasteiger partial charge in [-0.1, -0.05) is 48.9 Å². The van der Waals surface area contributed by atoms with Crippen molar-refractivity contribution in [3.05, 3.63) is 64.7 Å². The standard InChI is InChI=1S/C18H20ClNO/c1-2-18(11-13-6-4-3-5-7-13)12-16(20)15-10-14(19)8-9-17(15)21-18/h3-10,16H,2,11-12,20H2,1H3. The van der Waals surface area contributed by atoms with Crippen LogP contribution < -0.4 is 10.5 Å². The smallest absolute Gasteiger partial charge is 0.125 e. The zero-order valence-electron chi connectivity index (χ0n) is 12.2. The maximum absolute atomic E-state index is 6.38. The highest BCUT2D eigenvalue weighted by Gasteiger charge is 2.38. The summed E-state index contributed by atoms with van der Waals surface area (Å²) in [5.41, 5.74) is 8.44. The summed E-state index contributed by atoms with van der Waals surface area (Å²) in [4.78, 5) is 0. The maximum Gasteiger partial charge on any atom is 0.125 e. The zero-order chi connectivity index (χ0) is 14.9. The molecule has 0 fully saturated rings. The largest absolute Gasteiger partial charge is 0.487 e. The topological polar surface area (TPSA) is 35.2 Å². The van der Waals surface area contributed by atoms with Gasteiger partial charge in [0.25, 0.3) is 0 Å². The van der Waals surface area contributed by atoms with E-state index >= 15 is 0 Å². The Hall–Kier alpha value is -1.51. The van der Waals surface area contributed by atoms with Gasteiger partial charge >= 0.3 is 0 Å². The molecule has 0 radical (unpaired) electrons. The lowest BCUT2D eigenvalue weighted by Crippen LogP contribution is -2.44. The molecular weight excluding hydrogens is 282 g/mol. The number of benzene rings is 2. The Morgan fingerprint density at radius 1 is 1.24 bits per heavy atom. The normalized spacial score (nSPS) is 24.2. The van der Waals surface area contributed by atoms with E-state index in [1.807, 2.05) is 24.3 Å². The van der Waals surface area contributed by atoms with Gasteiger partial charge in [-0.05, 0) is 30.2 Å². The van der Waals surface area contributed by atoms with Crippen molar-refractivity contribution in [3.8, 4) is 5.75 Å². The fourth-order valence-corrected chi connectivity index (χ4v) is 3.29. The van der Waals surface area contributed by atoms with Crippen LogP contribution >= 0.6 is 11.6 Å². The predicted octanol–water partition coefficient (Wildman–Crippen LogP) is 4.51. The lowest BCUT2D eigenvalue weighted by Gasteiger charge is -2.41. The van der Waals surface area contributed by atoms with E-state index in [2.05, 4.69) is 31.2 Å². The Labute approximate surface area is 130 Å². The Morgan fingerprint density at radius 3 is 2.71 bits per heavy atom. The molecule has 1 heterocycles. The molecule has 0 spiro atoms. The first-order chi connectivity index (χ1) is 10.1. The molecule has 21 heavy (non-hydrogen) atoms. The van der Waals surface area contributed by atoms with E-state index in [9.17, 15) is 0 Å². The molecule has 0 aliphatic carbocycles. The van der Waals surface area contributed by atoms with Gasteiger partial charge < -0.3 is 10.5 Å². The minimum absolute atomic E-state index is 0.0314. The molecule has 2 aromatic rings. The summed E-state index contributed by atoms with van der Waals surface area (Å²) in [6.07, 6.45) is 2.61. The number of halogens is 1. The minimum Gasteiger partial charge on any atom is -0.487 e. The highest BCUT2D eigenvalue weighted by atomic mass is 35.5. The summed E-state index contributed by atoms with van der Waals surface area (Å²) in [5.74, 6) is 0.871. The third kappa shape index (κ3) is 2.92. The van der Waals surface area contributed by atoms with Crippen LogP contribution in [-0.4, -0.2) is 5.60 Å². The first-order valence-corrected chi connectivity index (χ1v) is 7.78. The minimum atomic E-state index is -0.235. The average Bonchev–Trinajstić information content (AvgIpc) is 2.49. The van der Waals surface area contributed by atoms with Gasteiger partial charge in [0.15, 0.2) is 0 Å². The average molecular weight is 302 g/mol. The summed E-state index contributed by atoms with van der Waals surface area (Å²) in [6.45, 7) is 2.16. The summed E-state index contributed by atoms with van der Waals surface area (Å²) in [6, 6.07) is 16.1. The highest BCUT2D eigenvalue weighted by Crippen LogP contribution is 2.42. The Bertz CT molecular complexity index is 628. The number of hydrogen-bond acceptors (Lipinski definition) is 2. The number of nitrogens with two attached hydrogens (primary N) is 1. The maximum atomic E-state index is 6.38. The van der Waals surface area contributed by atoms with Crippen LogP contribution in [0.4, 0.5) is 0 Å². The lowest BCUT2D eigenvalue weighted by atomic mass is 9.81. The van der Waals surface area contributed by atoms with Gasteiger partial charge in [0, 0.05) is 29.5 Å². The molecule has 2 N–H and O–H groups in total. The molecule has 0 saturated heterocycles. The fraction of sp³-hybridized carbons (Fsp3) is 0.333. The Balaban J connectivity index is 1.92. The summed E-state index contributed by atoms with van der Waals surface area (Å²) in [7, 11) is 0. The van der Waals surface area contributed by atoms with Crippen molar-refractivity contribution in [2.24, 2.45) is 5.73 Å². The molecule has 0 bridgehead atoms. The SMILES string of the molecule is CCC1(Cc2ccccc2)CC(N)c2cc(Cl)ccc2O1. The van der Waals surface area contributed by atoms with Crippen LogP contribution in [-0.2, 0) is 6.42 Å². The molecule has 3 rings (SSSR count). The molecule has 0 saturated carbocycles. The van der Waals surface area contributed by atoms with E-state index in [1.54, 1.807) is 0 Å². The van der Waals surface area contributed by atoms with Crippen LogP contribution in [0.1, 0.15) is 36.9 Å². The zero-order valence-corrected chi connectivity index (χ0v) is 12.9. The Morgan fingerprint density at radius 2 is 2.00 bits per heavy atom. The van der Waals surface area contributed by atoms with Crippen LogP contribution in [0.25, 0.3) is 0 Å². The van der Waals surface area contributed by atoms with Gasteiger partial charge in [-0.15, -0.1) is 0 Å². The van der Waals surface area contributed by atoms with Crippen molar-refractivity contribution in [2.75, 3.05) is 0 Å². The molecule has 110 valence electrons. The van der Waals surface area contributed by atoms with Crippen molar-refractivity contribution in [1.82, 2.24) is 0 Å². The van der Waals surface area contributed by atoms with Gasteiger partial charge in [-0.3, -0.25) is 0 Å². The molecule has 0 amide bonds. The predicted molar refractivity (Wildman–Crippen MR) is 86.8 cm³/mol. The van der Waals surface area contributed by atoms with E-state index in [0.717, 1.165) is 30.6 Å². The van der Waals surface area contributed by atoms with E-state index in [4.69, 9.17) is 22.1 Å². The molecule has 2 nitrogen and oxygen atoms in total. The van der Waals surface area contributed by atoms with Crippen LogP contribution in [0, 0.1) is 0 Å². The molecular formula is C18H20ClNO. The van der Waals surface area contributed by atoms with Crippen LogP contribution in [0.5, 0.6) is 5.75 Å². The molecule has 3 heteroatoms. The van der Waals surface area contributed by atoms with Crippen LogP contribution in [0.15, 0.2) is 48.5 Å². The lowest BCUT2D eigenvalue weighted by molar-refractivity contribution is 0.0321. The van der Waals surface area contributed by atoms with Crippen LogP contribution in [0.2, 0.25) is 5.02 Å². The van der Waals surface area contributed by atoms with E-state index in [0.29, 0.717) is 5.02 Å². The summed E-state index contributed by atoms with van der Waals surface area (Å²) in [5, 5.41) is 0.708. The number of ether oxygens (including phenoxy) is 1. The second-order valence-corrected chi connectivity index (χ2v) is 6.23. The number of hydrogen-bond donors (Lipinski definition) is 1. The van der Waals surface area contributed by atoms with Gasteiger partial charge in [-0.25, -0.2) is 0 Å².